The lowest BCUT2D eigenvalue weighted by molar-refractivity contribution is -0.140. The molecule has 0 aliphatic rings. The van der Waals surface area contributed by atoms with Gasteiger partial charge in [-0.25, -0.2) is 0 Å². The van der Waals surface area contributed by atoms with E-state index in [1.807, 2.05) is 13.8 Å². The highest BCUT2D eigenvalue weighted by Crippen LogP contribution is 2.10. The zero-order chi connectivity index (χ0) is 14.3. The van der Waals surface area contributed by atoms with E-state index < -0.39 is 22.2 Å². The van der Waals surface area contributed by atoms with Crippen molar-refractivity contribution >= 4 is 16.2 Å². The van der Waals surface area contributed by atoms with Crippen LogP contribution in [0.15, 0.2) is 0 Å². The van der Waals surface area contributed by atoms with Crippen LogP contribution in [0.1, 0.15) is 40.0 Å². The highest BCUT2D eigenvalue weighted by atomic mass is 32.2. The Morgan fingerprint density at radius 2 is 1.94 bits per heavy atom. The van der Waals surface area contributed by atoms with Crippen LogP contribution in [-0.4, -0.2) is 43.4 Å². The molecular formula is C11H24N2O4S. The van der Waals surface area contributed by atoms with Gasteiger partial charge in [-0.1, -0.05) is 33.6 Å². The smallest absolute Gasteiger partial charge is 0.322 e. The Balaban J connectivity index is 4.75. The fourth-order valence-electron chi connectivity index (χ4n) is 1.40. The van der Waals surface area contributed by atoms with Crippen LogP contribution in [0.4, 0.5) is 0 Å². The second-order valence-corrected chi connectivity index (χ2v) is 6.31. The van der Waals surface area contributed by atoms with Crippen molar-refractivity contribution in [3.8, 4) is 0 Å². The number of rotatable bonds is 9. The van der Waals surface area contributed by atoms with Crippen molar-refractivity contribution in [2.75, 3.05) is 13.6 Å². The molecule has 0 rings (SSSR count). The minimum absolute atomic E-state index is 0.253. The molecule has 0 aromatic rings. The molecule has 6 nitrogen and oxygen atoms in total. The zero-order valence-electron chi connectivity index (χ0n) is 11.5. The zero-order valence-corrected chi connectivity index (χ0v) is 12.3. The van der Waals surface area contributed by atoms with Gasteiger partial charge in [-0.15, -0.1) is 0 Å². The number of carboxylic acid groups (broad SMARTS) is 1. The van der Waals surface area contributed by atoms with Gasteiger partial charge in [0, 0.05) is 13.6 Å². The van der Waals surface area contributed by atoms with E-state index in [9.17, 15) is 13.2 Å². The molecule has 0 heterocycles. The molecule has 0 unspecified atom stereocenters. The standard InChI is InChI=1S/C11H24N2O4S/c1-5-7-8-13(4)18(16,17)12-10(11(14)15)9(3)6-2/h9-10,12H,5-8H2,1-4H3,(H,14,15)/t9-,10-/m0/s1. The number of unbranched alkanes of at least 4 members (excludes halogenated alkanes) is 1. The van der Waals surface area contributed by atoms with Crippen molar-refractivity contribution in [3.05, 3.63) is 0 Å². The second-order valence-electron chi connectivity index (χ2n) is 4.50. The largest absolute Gasteiger partial charge is 0.480 e. The van der Waals surface area contributed by atoms with E-state index in [1.165, 1.54) is 7.05 Å². The maximum absolute atomic E-state index is 11.9. The molecule has 0 amide bonds. The first-order valence-corrected chi connectivity index (χ1v) is 7.66. The van der Waals surface area contributed by atoms with Crippen molar-refractivity contribution < 1.29 is 18.3 Å². The first-order chi connectivity index (χ1) is 8.26. The molecule has 0 saturated carbocycles. The Bertz CT molecular complexity index is 356. The van der Waals surface area contributed by atoms with Gasteiger partial charge >= 0.3 is 5.97 Å². The summed E-state index contributed by atoms with van der Waals surface area (Å²) in [4.78, 5) is 11.1. The maximum Gasteiger partial charge on any atom is 0.322 e. The molecule has 2 N–H and O–H groups in total. The molecule has 2 atom stereocenters. The normalized spacial score (nSPS) is 15.6. The van der Waals surface area contributed by atoms with Crippen LogP contribution in [0.25, 0.3) is 0 Å². The van der Waals surface area contributed by atoms with Gasteiger partial charge in [0.15, 0.2) is 0 Å². The number of aliphatic carboxylic acids is 1. The average molecular weight is 280 g/mol. The summed E-state index contributed by atoms with van der Waals surface area (Å²) in [6.07, 6.45) is 2.23. The third-order valence-corrected chi connectivity index (χ3v) is 4.55. The van der Waals surface area contributed by atoms with Gasteiger partial charge in [0.05, 0.1) is 0 Å². The van der Waals surface area contributed by atoms with E-state index in [1.54, 1.807) is 6.92 Å². The highest BCUT2D eigenvalue weighted by Gasteiger charge is 2.30. The molecule has 0 bridgehead atoms. The van der Waals surface area contributed by atoms with Gasteiger partial charge in [-0.05, 0) is 12.3 Å². The van der Waals surface area contributed by atoms with Crippen LogP contribution >= 0.6 is 0 Å². The van der Waals surface area contributed by atoms with Gasteiger partial charge in [0.25, 0.3) is 10.2 Å². The number of hydrogen-bond donors (Lipinski definition) is 2. The second kappa shape index (κ2) is 7.70. The van der Waals surface area contributed by atoms with Crippen LogP contribution in [0, 0.1) is 5.92 Å². The fraction of sp³-hybridized carbons (Fsp3) is 0.909. The molecule has 0 saturated heterocycles. The molecule has 7 heteroatoms. The molecular weight excluding hydrogens is 256 g/mol. The Labute approximate surface area is 110 Å². The number of carbonyl (C=O) groups is 1. The van der Waals surface area contributed by atoms with E-state index in [0.29, 0.717) is 13.0 Å². The molecule has 108 valence electrons. The monoisotopic (exact) mass is 280 g/mol. The van der Waals surface area contributed by atoms with Crippen LogP contribution < -0.4 is 4.72 Å². The van der Waals surface area contributed by atoms with Gasteiger partial charge in [-0.3, -0.25) is 4.79 Å². The van der Waals surface area contributed by atoms with Gasteiger partial charge in [0.2, 0.25) is 0 Å². The molecule has 0 fully saturated rings. The summed E-state index contributed by atoms with van der Waals surface area (Å²) >= 11 is 0. The fourth-order valence-corrected chi connectivity index (χ4v) is 2.60. The quantitative estimate of drug-likeness (QED) is 0.661. The van der Waals surface area contributed by atoms with Gasteiger partial charge in [-0.2, -0.15) is 17.4 Å². The van der Waals surface area contributed by atoms with Crippen LogP contribution in [0.2, 0.25) is 0 Å². The van der Waals surface area contributed by atoms with Crippen molar-refractivity contribution in [3.63, 3.8) is 0 Å². The summed E-state index contributed by atoms with van der Waals surface area (Å²) in [6, 6.07) is -1.08. The van der Waals surface area contributed by atoms with Crippen molar-refractivity contribution in [1.82, 2.24) is 9.03 Å². The van der Waals surface area contributed by atoms with Crippen LogP contribution in [0.5, 0.6) is 0 Å². The Morgan fingerprint density at radius 1 is 1.39 bits per heavy atom. The summed E-state index contributed by atoms with van der Waals surface area (Å²) in [6.45, 7) is 5.90. The SMILES string of the molecule is CCCCN(C)S(=O)(=O)N[C@H](C(=O)O)[C@@H](C)CC. The van der Waals surface area contributed by atoms with E-state index in [4.69, 9.17) is 5.11 Å². The van der Waals surface area contributed by atoms with E-state index in [2.05, 4.69) is 4.72 Å². The maximum atomic E-state index is 11.9. The first kappa shape index (κ1) is 17.3. The summed E-state index contributed by atoms with van der Waals surface area (Å²) < 4.78 is 27.3. The summed E-state index contributed by atoms with van der Waals surface area (Å²) in [5, 5.41) is 9.05. The first-order valence-electron chi connectivity index (χ1n) is 6.22. The van der Waals surface area contributed by atoms with Crippen molar-refractivity contribution in [2.45, 2.75) is 46.1 Å². The van der Waals surface area contributed by atoms with Gasteiger partial charge in [0.1, 0.15) is 6.04 Å². The predicted molar refractivity (Wildman–Crippen MR) is 70.5 cm³/mol. The lowest BCUT2D eigenvalue weighted by Crippen LogP contribution is -2.50. The number of carboxylic acids is 1. The number of hydrogen-bond acceptors (Lipinski definition) is 3. The Morgan fingerprint density at radius 3 is 2.33 bits per heavy atom. The van der Waals surface area contributed by atoms with E-state index in [0.717, 1.165) is 17.1 Å². The third kappa shape index (κ3) is 5.32. The minimum Gasteiger partial charge on any atom is -0.480 e. The molecule has 0 aromatic heterocycles. The Hall–Kier alpha value is -0.660. The van der Waals surface area contributed by atoms with Crippen LogP contribution in [-0.2, 0) is 15.0 Å². The molecule has 0 aromatic carbocycles. The van der Waals surface area contributed by atoms with Crippen molar-refractivity contribution in [2.24, 2.45) is 5.92 Å². The predicted octanol–water partition coefficient (Wildman–Crippen LogP) is 1.05. The highest BCUT2D eigenvalue weighted by molar-refractivity contribution is 7.87. The van der Waals surface area contributed by atoms with E-state index in [-0.39, 0.29) is 5.92 Å². The van der Waals surface area contributed by atoms with Crippen molar-refractivity contribution in [1.29, 1.82) is 0 Å². The average Bonchev–Trinajstić information content (AvgIpc) is 2.31. The van der Waals surface area contributed by atoms with E-state index >= 15 is 0 Å². The molecule has 0 aliphatic heterocycles. The van der Waals surface area contributed by atoms with Crippen LogP contribution in [0.3, 0.4) is 0 Å². The summed E-state index contributed by atoms with van der Waals surface area (Å²) in [7, 11) is -2.28. The molecule has 18 heavy (non-hydrogen) atoms. The summed E-state index contributed by atoms with van der Waals surface area (Å²) in [5.41, 5.74) is 0. The lowest BCUT2D eigenvalue weighted by atomic mass is 10.0. The Kier molecular flexibility index (Phi) is 7.42. The number of nitrogens with one attached hydrogen (secondary N) is 1. The topological polar surface area (TPSA) is 86.7 Å². The molecule has 0 aliphatic carbocycles. The summed E-state index contributed by atoms with van der Waals surface area (Å²) in [5.74, 6) is -1.39. The minimum atomic E-state index is -3.73. The molecule has 0 radical (unpaired) electrons. The van der Waals surface area contributed by atoms with Gasteiger partial charge < -0.3 is 5.11 Å². The third-order valence-electron chi connectivity index (χ3n) is 2.99. The molecule has 0 spiro atoms. The number of nitrogens with zero attached hydrogens (tertiary/aromatic N) is 1. The lowest BCUT2D eigenvalue weighted by Gasteiger charge is -2.24.